The molecule has 1 fully saturated rings. The Morgan fingerprint density at radius 1 is 1.14 bits per heavy atom. The van der Waals surface area contributed by atoms with Gasteiger partial charge >= 0.3 is 5.97 Å². The molecule has 1 saturated carbocycles. The summed E-state index contributed by atoms with van der Waals surface area (Å²) in [6, 6.07) is 13.9. The first-order valence-corrected chi connectivity index (χ1v) is 13.0. The number of rotatable bonds is 11. The number of hydrogen-bond donors (Lipinski definition) is 2. The fraction of sp³-hybridized carbons (Fsp3) is 0.567. The van der Waals surface area contributed by atoms with Gasteiger partial charge in [0.05, 0.1) is 31.5 Å². The van der Waals surface area contributed by atoms with E-state index in [-0.39, 0.29) is 24.2 Å². The van der Waals surface area contributed by atoms with Crippen LogP contribution in [0.3, 0.4) is 0 Å². The molecule has 0 spiro atoms. The molecule has 0 aromatic heterocycles. The summed E-state index contributed by atoms with van der Waals surface area (Å²) < 4.78 is 11.0. The van der Waals surface area contributed by atoms with E-state index in [9.17, 15) is 9.90 Å². The summed E-state index contributed by atoms with van der Waals surface area (Å²) in [7, 11) is 1.39. The summed E-state index contributed by atoms with van der Waals surface area (Å²) in [6.07, 6.45) is 7.14. The Labute approximate surface area is 211 Å². The van der Waals surface area contributed by atoms with Crippen LogP contribution in [-0.2, 0) is 9.47 Å². The molecule has 2 N–H and O–H groups in total. The normalized spacial score (nSPS) is 16.6. The first kappa shape index (κ1) is 27.4. The molecule has 3 rings (SSSR count). The minimum absolute atomic E-state index is 0.00935. The number of benzene rings is 2. The summed E-state index contributed by atoms with van der Waals surface area (Å²) in [5.41, 5.74) is 4.58. The van der Waals surface area contributed by atoms with Crippen molar-refractivity contribution in [1.82, 2.24) is 5.32 Å². The maximum atomic E-state index is 12.0. The number of carbonyl (C=O) groups excluding carboxylic acids is 1. The molecule has 2 atom stereocenters. The Morgan fingerprint density at radius 3 is 2.54 bits per heavy atom. The number of hydrogen-bond acceptors (Lipinski definition) is 5. The molecule has 1 aliphatic carbocycles. The number of carbonyl (C=O) groups is 1. The van der Waals surface area contributed by atoms with Crippen LogP contribution in [0.5, 0.6) is 0 Å². The lowest BCUT2D eigenvalue weighted by molar-refractivity contribution is -0.00453. The van der Waals surface area contributed by atoms with E-state index in [1.54, 1.807) is 0 Å². The zero-order valence-electron chi connectivity index (χ0n) is 22.1. The molecule has 1 aliphatic rings. The predicted octanol–water partition coefficient (Wildman–Crippen LogP) is 6.23. The molecule has 0 radical (unpaired) electrons. The van der Waals surface area contributed by atoms with Gasteiger partial charge in [0.1, 0.15) is 0 Å². The highest BCUT2D eigenvalue weighted by Crippen LogP contribution is 2.32. The highest BCUT2D eigenvalue weighted by atomic mass is 16.5. The van der Waals surface area contributed by atoms with Crippen LogP contribution in [0, 0.1) is 12.8 Å². The number of methoxy groups -OCH3 is 1. The smallest absolute Gasteiger partial charge is 0.338 e. The largest absolute Gasteiger partial charge is 0.465 e. The van der Waals surface area contributed by atoms with Crippen LogP contribution in [0.1, 0.15) is 86.9 Å². The van der Waals surface area contributed by atoms with Crippen LogP contribution < -0.4 is 5.32 Å². The average molecular weight is 482 g/mol. The third-order valence-corrected chi connectivity index (χ3v) is 7.22. The molecule has 0 bridgehead atoms. The van der Waals surface area contributed by atoms with Gasteiger partial charge in [0.2, 0.25) is 0 Å². The Balaban J connectivity index is 1.57. The van der Waals surface area contributed by atoms with Crippen LogP contribution in [-0.4, -0.2) is 43.0 Å². The molecule has 5 heteroatoms. The molecular weight excluding hydrogens is 438 g/mol. The quantitative estimate of drug-likeness (QED) is 0.373. The molecule has 0 aliphatic heterocycles. The van der Waals surface area contributed by atoms with Crippen molar-refractivity contribution in [3.8, 4) is 11.1 Å². The van der Waals surface area contributed by atoms with E-state index in [0.29, 0.717) is 12.1 Å². The number of nitrogens with one attached hydrogen (secondary N) is 1. The van der Waals surface area contributed by atoms with Gasteiger partial charge in [0.25, 0.3) is 0 Å². The van der Waals surface area contributed by atoms with Gasteiger partial charge < -0.3 is 19.9 Å². The Kier molecular flexibility index (Phi) is 9.90. The molecule has 0 saturated heterocycles. The van der Waals surface area contributed by atoms with Crippen molar-refractivity contribution in [2.24, 2.45) is 5.92 Å². The van der Waals surface area contributed by atoms with Crippen LogP contribution in [0.25, 0.3) is 11.1 Å². The topological polar surface area (TPSA) is 67.8 Å². The van der Waals surface area contributed by atoms with Gasteiger partial charge in [-0.1, -0.05) is 68.5 Å². The van der Waals surface area contributed by atoms with E-state index in [1.165, 1.54) is 39.2 Å². The molecule has 0 amide bonds. The fourth-order valence-corrected chi connectivity index (χ4v) is 5.27. The highest BCUT2D eigenvalue weighted by Gasteiger charge is 2.25. The average Bonchev–Trinajstić information content (AvgIpc) is 2.86. The Hall–Kier alpha value is -2.21. The van der Waals surface area contributed by atoms with Crippen LogP contribution in [0.4, 0.5) is 0 Å². The van der Waals surface area contributed by atoms with Crippen LogP contribution >= 0.6 is 0 Å². The Bertz CT molecular complexity index is 965. The van der Waals surface area contributed by atoms with E-state index in [2.05, 4.69) is 31.3 Å². The minimum Gasteiger partial charge on any atom is -0.465 e. The lowest BCUT2D eigenvalue weighted by atomic mass is 9.81. The Morgan fingerprint density at radius 2 is 1.86 bits per heavy atom. The van der Waals surface area contributed by atoms with Gasteiger partial charge in [0.15, 0.2) is 0 Å². The molecule has 35 heavy (non-hydrogen) atoms. The van der Waals surface area contributed by atoms with E-state index >= 15 is 0 Å². The summed E-state index contributed by atoms with van der Waals surface area (Å²) in [5, 5.41) is 14.2. The zero-order chi connectivity index (χ0) is 25.4. The van der Waals surface area contributed by atoms with Crippen molar-refractivity contribution < 1.29 is 19.4 Å². The van der Waals surface area contributed by atoms with Crippen molar-refractivity contribution in [1.29, 1.82) is 0 Å². The van der Waals surface area contributed by atoms with Crippen molar-refractivity contribution in [3.05, 3.63) is 59.2 Å². The lowest BCUT2D eigenvalue weighted by Gasteiger charge is -2.33. The lowest BCUT2D eigenvalue weighted by Crippen LogP contribution is -2.45. The first-order chi connectivity index (χ1) is 16.7. The summed E-state index contributed by atoms with van der Waals surface area (Å²) in [4.78, 5) is 12.0. The standard InChI is InChI=1S/C30H43NO4/c1-21-17-24(15-16-26(21)29(33)34-5)28-14-10-9-13-27(28)22(2)35-20-25(32)19-31-30(3,4)18-23-11-7-6-8-12-23/h9-10,13-17,22-23,25,31-32H,6-8,11-12,18-20H2,1-5H3. The van der Waals surface area contributed by atoms with E-state index in [0.717, 1.165) is 34.6 Å². The van der Waals surface area contributed by atoms with Crippen LogP contribution in [0.15, 0.2) is 42.5 Å². The zero-order valence-corrected chi connectivity index (χ0v) is 22.1. The molecular formula is C30H43NO4. The van der Waals surface area contributed by atoms with Gasteiger partial charge in [-0.25, -0.2) is 4.79 Å². The molecule has 5 nitrogen and oxygen atoms in total. The van der Waals surface area contributed by atoms with Gasteiger partial charge in [0, 0.05) is 12.1 Å². The van der Waals surface area contributed by atoms with Gasteiger partial charge in [-0.15, -0.1) is 0 Å². The maximum absolute atomic E-state index is 12.0. The number of ether oxygens (including phenoxy) is 2. The number of aliphatic hydroxyl groups excluding tert-OH is 1. The summed E-state index contributed by atoms with van der Waals surface area (Å²) >= 11 is 0. The second-order valence-electron chi connectivity index (χ2n) is 10.7. The predicted molar refractivity (Wildman–Crippen MR) is 142 cm³/mol. The van der Waals surface area contributed by atoms with Gasteiger partial charge in [-0.2, -0.15) is 0 Å². The first-order valence-electron chi connectivity index (χ1n) is 13.0. The molecule has 2 aromatic carbocycles. The van der Waals surface area contributed by atoms with Crippen molar-refractivity contribution in [3.63, 3.8) is 0 Å². The number of aliphatic hydroxyl groups is 1. The second-order valence-corrected chi connectivity index (χ2v) is 10.7. The van der Waals surface area contributed by atoms with E-state index in [4.69, 9.17) is 9.47 Å². The fourth-order valence-electron chi connectivity index (χ4n) is 5.27. The minimum atomic E-state index is -0.572. The number of esters is 1. The van der Waals surface area contributed by atoms with E-state index in [1.807, 2.05) is 44.2 Å². The number of β-amino-alcohol motifs (C(OH)–C–C–N with tert-alkyl or cyclic N) is 1. The van der Waals surface area contributed by atoms with E-state index < -0.39 is 6.10 Å². The monoisotopic (exact) mass is 481 g/mol. The molecule has 2 unspecified atom stereocenters. The molecule has 0 heterocycles. The van der Waals surface area contributed by atoms with Crippen molar-refractivity contribution in [2.45, 2.75) is 84.0 Å². The maximum Gasteiger partial charge on any atom is 0.338 e. The van der Waals surface area contributed by atoms with Gasteiger partial charge in [-0.05, 0) is 68.4 Å². The summed E-state index contributed by atoms with van der Waals surface area (Å²) in [6.45, 7) is 9.19. The SMILES string of the molecule is COC(=O)c1ccc(-c2ccccc2C(C)OCC(O)CNC(C)(C)CC2CCCCC2)cc1C. The highest BCUT2D eigenvalue weighted by molar-refractivity contribution is 5.91. The third-order valence-electron chi connectivity index (χ3n) is 7.22. The van der Waals surface area contributed by atoms with Crippen LogP contribution in [0.2, 0.25) is 0 Å². The third kappa shape index (κ3) is 7.89. The molecule has 192 valence electrons. The summed E-state index contributed by atoms with van der Waals surface area (Å²) in [5.74, 6) is 0.463. The number of aryl methyl sites for hydroxylation is 1. The van der Waals surface area contributed by atoms with Crippen molar-refractivity contribution >= 4 is 5.97 Å². The van der Waals surface area contributed by atoms with Gasteiger partial charge in [-0.3, -0.25) is 0 Å². The second kappa shape index (κ2) is 12.7. The van der Waals surface area contributed by atoms with Crippen molar-refractivity contribution in [2.75, 3.05) is 20.3 Å². The molecule has 2 aromatic rings.